The number of hydrogen-bond donors (Lipinski definition) is 2. The van der Waals surface area contributed by atoms with E-state index in [0.717, 1.165) is 22.9 Å². The van der Waals surface area contributed by atoms with E-state index in [4.69, 9.17) is 0 Å². The topological polar surface area (TPSA) is 83.8 Å². The molecule has 0 fully saturated rings. The molecule has 2 aromatic heterocycles. The number of rotatable bonds is 6. The maximum atomic E-state index is 11.4. The number of para-hydroxylation sites is 1. The SMILES string of the molecule is CC(C)CCn1nnc(C(=O)O)c1Cc1c[nH]c2ccccc12. The number of fused-ring (bicyclic) bond motifs is 1. The molecule has 120 valence electrons. The molecule has 3 rings (SSSR count). The van der Waals surface area contributed by atoms with Gasteiger partial charge in [0, 0.05) is 30.1 Å². The Labute approximate surface area is 134 Å². The summed E-state index contributed by atoms with van der Waals surface area (Å²) < 4.78 is 1.73. The number of nitrogens with zero attached hydrogens (tertiary/aromatic N) is 3. The van der Waals surface area contributed by atoms with Crippen molar-refractivity contribution < 1.29 is 9.90 Å². The Balaban J connectivity index is 1.97. The highest BCUT2D eigenvalue weighted by Crippen LogP contribution is 2.22. The normalized spacial score (nSPS) is 11.4. The van der Waals surface area contributed by atoms with Crippen LogP contribution in [-0.4, -0.2) is 31.1 Å². The van der Waals surface area contributed by atoms with Gasteiger partial charge in [-0.2, -0.15) is 0 Å². The van der Waals surface area contributed by atoms with E-state index in [2.05, 4.69) is 29.1 Å². The van der Waals surface area contributed by atoms with Crippen LogP contribution in [0.25, 0.3) is 10.9 Å². The predicted octanol–water partition coefficient (Wildman–Crippen LogP) is 3.09. The van der Waals surface area contributed by atoms with Crippen LogP contribution >= 0.6 is 0 Å². The number of carboxylic acids is 1. The lowest BCUT2D eigenvalue weighted by Crippen LogP contribution is -2.10. The monoisotopic (exact) mass is 312 g/mol. The standard InChI is InChI=1S/C17H20N4O2/c1-11(2)7-8-21-15(16(17(22)23)19-20-21)9-12-10-18-14-6-4-3-5-13(12)14/h3-6,10-11,18H,7-9H2,1-2H3,(H,22,23). The maximum absolute atomic E-state index is 11.4. The van der Waals surface area contributed by atoms with Crippen molar-refractivity contribution in [3.63, 3.8) is 0 Å². The van der Waals surface area contributed by atoms with Crippen molar-refractivity contribution in [2.45, 2.75) is 33.2 Å². The average Bonchev–Trinajstić information content (AvgIpc) is 3.10. The quantitative estimate of drug-likeness (QED) is 0.732. The number of hydrogen-bond acceptors (Lipinski definition) is 3. The molecule has 23 heavy (non-hydrogen) atoms. The molecular formula is C17H20N4O2. The van der Waals surface area contributed by atoms with E-state index in [0.29, 0.717) is 24.6 Å². The van der Waals surface area contributed by atoms with Crippen LogP contribution in [0.15, 0.2) is 30.5 Å². The number of H-pyrrole nitrogens is 1. The summed E-state index contributed by atoms with van der Waals surface area (Å²) in [7, 11) is 0. The summed E-state index contributed by atoms with van der Waals surface area (Å²) in [6.45, 7) is 4.94. The molecule has 2 N–H and O–H groups in total. The van der Waals surface area contributed by atoms with Crippen LogP contribution in [0, 0.1) is 5.92 Å². The van der Waals surface area contributed by atoms with E-state index in [1.807, 2.05) is 30.5 Å². The van der Waals surface area contributed by atoms with Crippen LogP contribution in [0.5, 0.6) is 0 Å². The second-order valence-electron chi connectivity index (χ2n) is 6.13. The van der Waals surface area contributed by atoms with Crippen molar-refractivity contribution in [1.29, 1.82) is 0 Å². The third kappa shape index (κ3) is 3.11. The smallest absolute Gasteiger partial charge is 0.358 e. The molecule has 0 bridgehead atoms. The minimum absolute atomic E-state index is 0.0408. The first kappa shape index (κ1) is 15.3. The van der Waals surface area contributed by atoms with E-state index in [1.165, 1.54) is 0 Å². The van der Waals surface area contributed by atoms with Gasteiger partial charge >= 0.3 is 5.97 Å². The van der Waals surface area contributed by atoms with Gasteiger partial charge in [-0.3, -0.25) is 0 Å². The number of carbonyl (C=O) groups is 1. The molecular weight excluding hydrogens is 292 g/mol. The molecule has 0 aliphatic rings. The molecule has 2 heterocycles. The van der Waals surface area contributed by atoms with E-state index >= 15 is 0 Å². The van der Waals surface area contributed by atoms with E-state index in [-0.39, 0.29) is 5.69 Å². The zero-order valence-corrected chi connectivity index (χ0v) is 13.3. The average molecular weight is 312 g/mol. The summed E-state index contributed by atoms with van der Waals surface area (Å²) >= 11 is 0. The van der Waals surface area contributed by atoms with Gasteiger partial charge in [-0.1, -0.05) is 37.3 Å². The van der Waals surface area contributed by atoms with Crippen molar-refractivity contribution in [3.05, 3.63) is 47.4 Å². The van der Waals surface area contributed by atoms with Gasteiger partial charge in [0.25, 0.3) is 0 Å². The van der Waals surface area contributed by atoms with E-state index < -0.39 is 5.97 Å². The Hall–Kier alpha value is -2.63. The van der Waals surface area contributed by atoms with Crippen LogP contribution in [0.2, 0.25) is 0 Å². The summed E-state index contributed by atoms with van der Waals surface area (Å²) in [5.74, 6) is -0.510. The third-order valence-electron chi connectivity index (χ3n) is 3.99. The molecule has 0 unspecified atom stereocenters. The van der Waals surface area contributed by atoms with Gasteiger partial charge in [0.05, 0.1) is 5.69 Å². The number of aromatic carboxylic acids is 1. The summed E-state index contributed by atoms with van der Waals surface area (Å²) in [4.78, 5) is 14.7. The minimum Gasteiger partial charge on any atom is -0.476 e. The Morgan fingerprint density at radius 3 is 2.87 bits per heavy atom. The van der Waals surface area contributed by atoms with Gasteiger partial charge in [0.2, 0.25) is 0 Å². The fourth-order valence-electron chi connectivity index (χ4n) is 2.69. The molecule has 0 atom stereocenters. The van der Waals surface area contributed by atoms with Gasteiger partial charge in [-0.15, -0.1) is 5.10 Å². The van der Waals surface area contributed by atoms with Crippen molar-refractivity contribution >= 4 is 16.9 Å². The van der Waals surface area contributed by atoms with Crippen molar-refractivity contribution in [3.8, 4) is 0 Å². The second-order valence-corrected chi connectivity index (χ2v) is 6.13. The summed E-state index contributed by atoms with van der Waals surface area (Å²) in [5, 5.41) is 18.4. The highest BCUT2D eigenvalue weighted by molar-refractivity contribution is 5.87. The zero-order valence-electron chi connectivity index (χ0n) is 13.3. The highest BCUT2D eigenvalue weighted by Gasteiger charge is 2.20. The van der Waals surface area contributed by atoms with Gasteiger partial charge in [-0.25, -0.2) is 9.48 Å². The number of carboxylic acid groups (broad SMARTS) is 1. The van der Waals surface area contributed by atoms with Crippen LogP contribution in [-0.2, 0) is 13.0 Å². The fourth-order valence-corrected chi connectivity index (χ4v) is 2.69. The molecule has 6 nitrogen and oxygen atoms in total. The number of nitrogens with one attached hydrogen (secondary N) is 1. The van der Waals surface area contributed by atoms with E-state index in [9.17, 15) is 9.90 Å². The third-order valence-corrected chi connectivity index (χ3v) is 3.99. The van der Waals surface area contributed by atoms with Crippen molar-refractivity contribution in [2.24, 2.45) is 5.92 Å². The van der Waals surface area contributed by atoms with Crippen LogP contribution in [0.3, 0.4) is 0 Å². The number of benzene rings is 1. The van der Waals surface area contributed by atoms with Crippen LogP contribution < -0.4 is 0 Å². The molecule has 0 aliphatic heterocycles. The van der Waals surface area contributed by atoms with Gasteiger partial charge in [-0.05, 0) is 24.0 Å². The first-order chi connectivity index (χ1) is 11.1. The van der Waals surface area contributed by atoms with E-state index in [1.54, 1.807) is 4.68 Å². The number of aryl methyl sites for hydroxylation is 1. The lowest BCUT2D eigenvalue weighted by molar-refractivity contribution is 0.0689. The number of aromatic amines is 1. The van der Waals surface area contributed by atoms with Gasteiger partial charge in [0.1, 0.15) is 0 Å². The largest absolute Gasteiger partial charge is 0.476 e. The lowest BCUT2D eigenvalue weighted by atomic mass is 10.1. The first-order valence-electron chi connectivity index (χ1n) is 7.77. The summed E-state index contributed by atoms with van der Waals surface area (Å²) in [6.07, 6.45) is 3.36. The lowest BCUT2D eigenvalue weighted by Gasteiger charge is -2.08. The molecule has 0 aliphatic carbocycles. The minimum atomic E-state index is -1.03. The fraction of sp³-hybridized carbons (Fsp3) is 0.353. The maximum Gasteiger partial charge on any atom is 0.358 e. The van der Waals surface area contributed by atoms with Gasteiger partial charge < -0.3 is 10.1 Å². The Morgan fingerprint density at radius 1 is 1.35 bits per heavy atom. The zero-order chi connectivity index (χ0) is 16.4. The van der Waals surface area contributed by atoms with Crippen molar-refractivity contribution in [2.75, 3.05) is 0 Å². The molecule has 0 saturated carbocycles. The molecule has 0 saturated heterocycles. The Morgan fingerprint density at radius 2 is 2.13 bits per heavy atom. The predicted molar refractivity (Wildman–Crippen MR) is 87.5 cm³/mol. The van der Waals surface area contributed by atoms with Crippen LogP contribution in [0.4, 0.5) is 0 Å². The highest BCUT2D eigenvalue weighted by atomic mass is 16.4. The number of aromatic nitrogens is 4. The van der Waals surface area contributed by atoms with Crippen LogP contribution in [0.1, 0.15) is 42.0 Å². The summed E-state index contributed by atoms with van der Waals surface area (Å²) in [5.41, 5.74) is 2.79. The molecule has 1 aromatic carbocycles. The first-order valence-corrected chi connectivity index (χ1v) is 7.77. The Bertz CT molecular complexity index is 832. The molecule has 3 aromatic rings. The van der Waals surface area contributed by atoms with Gasteiger partial charge in [0.15, 0.2) is 5.69 Å². The summed E-state index contributed by atoms with van der Waals surface area (Å²) in [6, 6.07) is 7.99. The second kappa shape index (κ2) is 6.24. The Kier molecular flexibility index (Phi) is 4.14. The van der Waals surface area contributed by atoms with Crippen molar-refractivity contribution in [1.82, 2.24) is 20.0 Å². The molecule has 0 radical (unpaired) electrons. The molecule has 6 heteroatoms. The molecule has 0 spiro atoms. The molecule has 0 amide bonds.